The van der Waals surface area contributed by atoms with E-state index in [4.69, 9.17) is 4.74 Å². The average molecular weight is 344 g/mol. The average Bonchev–Trinajstić information content (AvgIpc) is 3.15. The Morgan fingerprint density at radius 1 is 1.28 bits per heavy atom. The number of hydrogen-bond acceptors (Lipinski definition) is 6. The fourth-order valence-corrected chi connectivity index (χ4v) is 3.80. The molecule has 0 N–H and O–H groups in total. The molecule has 4 rings (SSSR count). The summed E-state index contributed by atoms with van der Waals surface area (Å²) < 4.78 is 7.47. The topological polar surface area (TPSA) is 75.9 Å². The lowest BCUT2D eigenvalue weighted by molar-refractivity contribution is -0.145. The smallest absolute Gasteiger partial charge is 0.228 e. The molecule has 4 heterocycles. The fourth-order valence-electron chi connectivity index (χ4n) is 3.80. The van der Waals surface area contributed by atoms with Crippen LogP contribution >= 0.6 is 0 Å². The van der Waals surface area contributed by atoms with Crippen molar-refractivity contribution in [3.05, 3.63) is 18.5 Å². The van der Waals surface area contributed by atoms with E-state index in [-0.39, 0.29) is 17.9 Å². The van der Waals surface area contributed by atoms with Crippen molar-refractivity contribution in [3.63, 3.8) is 0 Å². The van der Waals surface area contributed by atoms with Crippen LogP contribution < -0.4 is 4.90 Å². The molecule has 0 bridgehead atoms. The number of hydrogen-bond donors (Lipinski definition) is 0. The molecule has 2 aromatic rings. The molecule has 2 aliphatic rings. The Bertz CT molecular complexity index is 740. The summed E-state index contributed by atoms with van der Waals surface area (Å²) in [5.74, 6) is 1.18. The van der Waals surface area contributed by atoms with Crippen molar-refractivity contribution >= 4 is 17.4 Å². The summed E-state index contributed by atoms with van der Waals surface area (Å²) in [4.78, 5) is 17.1. The molecule has 1 amide bonds. The number of ether oxygens (including phenoxy) is 1. The van der Waals surface area contributed by atoms with Gasteiger partial charge < -0.3 is 14.5 Å². The number of carbonyl (C=O) groups excluding carboxylic acids is 1. The third-order valence-electron chi connectivity index (χ3n) is 5.22. The van der Waals surface area contributed by atoms with Crippen molar-refractivity contribution in [3.8, 4) is 0 Å². The first-order valence-electron chi connectivity index (χ1n) is 9.08. The number of aromatic nitrogens is 4. The number of fused-ring (bicyclic) bond motifs is 1. The van der Waals surface area contributed by atoms with Gasteiger partial charge in [0.25, 0.3) is 0 Å². The first-order chi connectivity index (χ1) is 12.3. The highest BCUT2D eigenvalue weighted by Gasteiger charge is 2.34. The number of amides is 1. The predicted octanol–water partition coefficient (Wildman–Crippen LogP) is 0.978. The molecule has 0 saturated carbocycles. The van der Waals surface area contributed by atoms with E-state index in [2.05, 4.69) is 27.1 Å². The Hall–Kier alpha value is -2.22. The van der Waals surface area contributed by atoms with Crippen molar-refractivity contribution in [1.82, 2.24) is 24.7 Å². The van der Waals surface area contributed by atoms with Gasteiger partial charge in [-0.3, -0.25) is 4.79 Å². The lowest BCUT2D eigenvalue weighted by Crippen LogP contribution is -2.52. The van der Waals surface area contributed by atoms with Crippen LogP contribution in [-0.4, -0.2) is 69.5 Å². The van der Waals surface area contributed by atoms with Crippen LogP contribution in [0.3, 0.4) is 0 Å². The van der Waals surface area contributed by atoms with Crippen molar-refractivity contribution in [2.45, 2.75) is 32.3 Å². The summed E-state index contributed by atoms with van der Waals surface area (Å²) in [5.41, 5.74) is 0.737. The lowest BCUT2D eigenvalue weighted by atomic mass is 9.91. The molecule has 134 valence electrons. The van der Waals surface area contributed by atoms with E-state index >= 15 is 0 Å². The molecular formula is C17H24N6O2. The molecule has 0 spiro atoms. The molecule has 2 atom stereocenters. The molecule has 0 aliphatic carbocycles. The maximum Gasteiger partial charge on any atom is 0.228 e. The highest BCUT2D eigenvalue weighted by atomic mass is 16.5. The Balaban J connectivity index is 1.39. The zero-order valence-corrected chi connectivity index (χ0v) is 14.5. The largest absolute Gasteiger partial charge is 0.377 e. The summed E-state index contributed by atoms with van der Waals surface area (Å²) in [6.45, 7) is 5.92. The second-order valence-electron chi connectivity index (χ2n) is 6.70. The molecule has 2 saturated heterocycles. The van der Waals surface area contributed by atoms with E-state index in [1.54, 1.807) is 10.8 Å². The predicted molar refractivity (Wildman–Crippen MR) is 92.3 cm³/mol. The van der Waals surface area contributed by atoms with Gasteiger partial charge in [-0.15, -0.1) is 15.3 Å². The minimum atomic E-state index is 0.0248. The van der Waals surface area contributed by atoms with E-state index in [9.17, 15) is 4.79 Å². The minimum Gasteiger partial charge on any atom is -0.377 e. The van der Waals surface area contributed by atoms with Gasteiger partial charge in [0.15, 0.2) is 5.65 Å². The van der Waals surface area contributed by atoms with Crippen molar-refractivity contribution in [1.29, 1.82) is 0 Å². The number of rotatable bonds is 3. The molecule has 8 heteroatoms. The maximum atomic E-state index is 12.9. The summed E-state index contributed by atoms with van der Waals surface area (Å²) in [7, 11) is 0. The van der Waals surface area contributed by atoms with Gasteiger partial charge in [0.2, 0.25) is 5.91 Å². The van der Waals surface area contributed by atoms with Gasteiger partial charge in [-0.1, -0.05) is 6.92 Å². The number of carbonyl (C=O) groups is 1. The Morgan fingerprint density at radius 2 is 2.12 bits per heavy atom. The van der Waals surface area contributed by atoms with Crippen LogP contribution in [0.1, 0.15) is 26.2 Å². The van der Waals surface area contributed by atoms with Crippen LogP contribution in [0.4, 0.5) is 5.82 Å². The summed E-state index contributed by atoms with van der Waals surface area (Å²) in [6.07, 6.45) is 4.52. The monoisotopic (exact) mass is 344 g/mol. The third kappa shape index (κ3) is 3.18. The standard InChI is InChI=1S/C17H24N6O2/c1-2-14-13(4-3-11-25-14)17(24)22-9-7-21(8-10-22)16-6-5-15-19-18-12-23(15)20-16/h5-6,12-14H,2-4,7-11H2,1H3/t13-,14+/m1/s1. The third-order valence-corrected chi connectivity index (χ3v) is 5.22. The zero-order valence-electron chi connectivity index (χ0n) is 14.5. The lowest BCUT2D eigenvalue weighted by Gasteiger charge is -2.39. The molecule has 0 unspecified atom stereocenters. The van der Waals surface area contributed by atoms with Gasteiger partial charge in [-0.2, -0.15) is 4.52 Å². The SMILES string of the molecule is CC[C@@H]1OCCC[C@H]1C(=O)N1CCN(c2ccc3nncn3n2)CC1. The van der Waals surface area contributed by atoms with Crippen LogP contribution in [0.5, 0.6) is 0 Å². The number of anilines is 1. The summed E-state index contributed by atoms with van der Waals surface area (Å²) in [5, 5.41) is 12.4. The van der Waals surface area contributed by atoms with Gasteiger partial charge >= 0.3 is 0 Å². The van der Waals surface area contributed by atoms with E-state index in [1.165, 1.54) is 0 Å². The number of piperazine rings is 1. The molecule has 0 aromatic carbocycles. The highest BCUT2D eigenvalue weighted by Crippen LogP contribution is 2.26. The van der Waals surface area contributed by atoms with Crippen molar-refractivity contribution in [2.24, 2.45) is 5.92 Å². The second kappa shape index (κ2) is 6.95. The van der Waals surface area contributed by atoms with Gasteiger partial charge in [0, 0.05) is 32.8 Å². The highest BCUT2D eigenvalue weighted by molar-refractivity contribution is 5.79. The summed E-state index contributed by atoms with van der Waals surface area (Å²) in [6, 6.07) is 3.88. The van der Waals surface area contributed by atoms with Gasteiger partial charge in [0.1, 0.15) is 12.1 Å². The van der Waals surface area contributed by atoms with Crippen LogP contribution in [-0.2, 0) is 9.53 Å². The van der Waals surface area contributed by atoms with E-state index in [1.807, 2.05) is 17.0 Å². The normalized spacial score (nSPS) is 24.7. The van der Waals surface area contributed by atoms with Crippen LogP contribution in [0.2, 0.25) is 0 Å². The molecule has 2 aliphatic heterocycles. The minimum absolute atomic E-state index is 0.0248. The molecule has 2 fully saturated rings. The van der Waals surface area contributed by atoms with E-state index in [0.717, 1.165) is 63.5 Å². The van der Waals surface area contributed by atoms with Crippen LogP contribution in [0.15, 0.2) is 18.5 Å². The van der Waals surface area contributed by atoms with E-state index < -0.39 is 0 Å². The van der Waals surface area contributed by atoms with Crippen molar-refractivity contribution < 1.29 is 9.53 Å². The Labute approximate surface area is 146 Å². The van der Waals surface area contributed by atoms with E-state index in [0.29, 0.717) is 0 Å². The Kier molecular flexibility index (Phi) is 4.52. The van der Waals surface area contributed by atoms with Gasteiger partial charge in [-0.05, 0) is 31.4 Å². The summed E-state index contributed by atoms with van der Waals surface area (Å²) >= 11 is 0. The molecule has 8 nitrogen and oxygen atoms in total. The fraction of sp³-hybridized carbons (Fsp3) is 0.647. The van der Waals surface area contributed by atoms with Crippen LogP contribution in [0, 0.1) is 5.92 Å². The van der Waals surface area contributed by atoms with Crippen LogP contribution in [0.25, 0.3) is 5.65 Å². The number of nitrogens with zero attached hydrogens (tertiary/aromatic N) is 6. The molecule has 2 aromatic heterocycles. The molecule has 0 radical (unpaired) electrons. The first kappa shape index (κ1) is 16.3. The van der Waals surface area contributed by atoms with Gasteiger partial charge in [-0.25, -0.2) is 0 Å². The molecule has 25 heavy (non-hydrogen) atoms. The first-order valence-corrected chi connectivity index (χ1v) is 9.08. The molecular weight excluding hydrogens is 320 g/mol. The maximum absolute atomic E-state index is 12.9. The van der Waals surface area contributed by atoms with Gasteiger partial charge in [0.05, 0.1) is 12.0 Å². The second-order valence-corrected chi connectivity index (χ2v) is 6.70. The zero-order chi connectivity index (χ0) is 17.2. The van der Waals surface area contributed by atoms with Crippen molar-refractivity contribution in [2.75, 3.05) is 37.7 Å². The quantitative estimate of drug-likeness (QED) is 0.826. The Morgan fingerprint density at radius 3 is 2.92 bits per heavy atom.